The van der Waals surface area contributed by atoms with Crippen LogP contribution in [0.2, 0.25) is 0 Å². The third-order valence-corrected chi connectivity index (χ3v) is 2.21. The molecular formula is C12H11NO. The first-order valence-corrected chi connectivity index (χ1v) is 4.52. The Kier molecular flexibility index (Phi) is 2.19. The van der Waals surface area contributed by atoms with E-state index >= 15 is 0 Å². The molecule has 1 heterocycles. The highest BCUT2D eigenvalue weighted by Crippen LogP contribution is 2.09. The van der Waals surface area contributed by atoms with Crippen LogP contribution in [-0.4, -0.2) is 10.5 Å². The lowest BCUT2D eigenvalue weighted by molar-refractivity contribution is 0.0959. The predicted octanol–water partition coefficient (Wildman–Crippen LogP) is 2.49. The number of rotatable bonds is 1. The fourth-order valence-corrected chi connectivity index (χ4v) is 1.42. The van der Waals surface area contributed by atoms with Crippen LogP contribution in [0.1, 0.15) is 15.9 Å². The van der Waals surface area contributed by atoms with E-state index in [1.54, 1.807) is 17.0 Å². The number of carbonyl (C=O) groups excluding carboxylic acids is 1. The van der Waals surface area contributed by atoms with E-state index in [1.165, 1.54) is 0 Å². The van der Waals surface area contributed by atoms with Crippen LogP contribution in [0.4, 0.5) is 0 Å². The van der Waals surface area contributed by atoms with Crippen LogP contribution in [0, 0.1) is 6.92 Å². The minimum Gasteiger partial charge on any atom is -0.291 e. The molecule has 70 valence electrons. The van der Waals surface area contributed by atoms with E-state index in [4.69, 9.17) is 0 Å². The molecule has 0 saturated heterocycles. The maximum absolute atomic E-state index is 11.9. The van der Waals surface area contributed by atoms with Crippen molar-refractivity contribution in [3.8, 4) is 0 Å². The second-order valence-corrected chi connectivity index (χ2v) is 3.21. The summed E-state index contributed by atoms with van der Waals surface area (Å²) in [5.74, 6) is 0.0214. The molecule has 1 aromatic heterocycles. The normalized spacial score (nSPS) is 10.1. The van der Waals surface area contributed by atoms with Crippen molar-refractivity contribution in [2.24, 2.45) is 0 Å². The van der Waals surface area contributed by atoms with Gasteiger partial charge in [-0.2, -0.15) is 0 Å². The summed E-state index contributed by atoms with van der Waals surface area (Å²) in [6.45, 7) is 1.94. The smallest absolute Gasteiger partial charge is 0.262 e. The van der Waals surface area contributed by atoms with Crippen LogP contribution in [0.15, 0.2) is 48.8 Å². The first-order valence-electron chi connectivity index (χ1n) is 4.52. The summed E-state index contributed by atoms with van der Waals surface area (Å²) in [4.78, 5) is 11.9. The highest BCUT2D eigenvalue weighted by Gasteiger charge is 2.08. The Morgan fingerprint density at radius 3 is 2.36 bits per heavy atom. The summed E-state index contributed by atoms with van der Waals surface area (Å²) >= 11 is 0. The number of hydrogen-bond acceptors (Lipinski definition) is 1. The Bertz CT molecular complexity index is 443. The summed E-state index contributed by atoms with van der Waals surface area (Å²) < 4.78 is 1.59. The maximum atomic E-state index is 11.9. The molecule has 1 aromatic carbocycles. The molecule has 14 heavy (non-hydrogen) atoms. The van der Waals surface area contributed by atoms with Crippen molar-refractivity contribution < 1.29 is 4.79 Å². The molecule has 0 saturated carbocycles. The van der Waals surface area contributed by atoms with E-state index in [9.17, 15) is 4.79 Å². The molecule has 0 fully saturated rings. The molecule has 0 spiro atoms. The minimum absolute atomic E-state index is 0.0214. The molecule has 2 rings (SSSR count). The van der Waals surface area contributed by atoms with Gasteiger partial charge in [0.15, 0.2) is 0 Å². The van der Waals surface area contributed by atoms with E-state index in [0.717, 1.165) is 11.1 Å². The van der Waals surface area contributed by atoms with Gasteiger partial charge in [-0.3, -0.25) is 9.36 Å². The van der Waals surface area contributed by atoms with Crippen molar-refractivity contribution in [3.05, 3.63) is 59.9 Å². The van der Waals surface area contributed by atoms with Crippen LogP contribution in [0.5, 0.6) is 0 Å². The number of carbonyl (C=O) groups is 1. The zero-order chi connectivity index (χ0) is 9.97. The summed E-state index contributed by atoms with van der Waals surface area (Å²) in [7, 11) is 0. The number of benzene rings is 1. The molecule has 0 radical (unpaired) electrons. The van der Waals surface area contributed by atoms with Gasteiger partial charge in [0.05, 0.1) is 0 Å². The summed E-state index contributed by atoms with van der Waals surface area (Å²) in [5.41, 5.74) is 1.76. The molecule has 0 aliphatic carbocycles. The fraction of sp³-hybridized carbons (Fsp3) is 0.0833. The molecule has 0 bridgehead atoms. The van der Waals surface area contributed by atoms with Crippen LogP contribution in [0.25, 0.3) is 0 Å². The summed E-state index contributed by atoms with van der Waals surface area (Å²) in [5, 5.41) is 0. The molecule has 0 N–H and O–H groups in total. The largest absolute Gasteiger partial charge is 0.291 e. The molecule has 0 atom stereocenters. The van der Waals surface area contributed by atoms with Crippen LogP contribution >= 0.6 is 0 Å². The van der Waals surface area contributed by atoms with Crippen molar-refractivity contribution in [2.45, 2.75) is 6.92 Å². The molecule has 2 nitrogen and oxygen atoms in total. The molecular weight excluding hydrogens is 174 g/mol. The average Bonchev–Trinajstić information content (AvgIpc) is 2.70. The molecule has 2 heteroatoms. The van der Waals surface area contributed by atoms with E-state index in [-0.39, 0.29) is 5.91 Å². The Labute approximate surface area is 82.8 Å². The molecule has 0 amide bonds. The Morgan fingerprint density at radius 1 is 1.07 bits per heavy atom. The van der Waals surface area contributed by atoms with Gasteiger partial charge in [-0.05, 0) is 30.7 Å². The zero-order valence-electron chi connectivity index (χ0n) is 7.97. The third-order valence-electron chi connectivity index (χ3n) is 2.21. The standard InChI is InChI=1S/C12H11NO/c1-10-6-2-3-7-11(10)12(14)13-8-4-5-9-13/h2-9H,1H3. The third kappa shape index (κ3) is 1.46. The number of aromatic nitrogens is 1. The molecule has 0 unspecified atom stereocenters. The Hall–Kier alpha value is -1.83. The Morgan fingerprint density at radius 2 is 1.71 bits per heavy atom. The number of aryl methyl sites for hydroxylation is 1. The molecule has 0 aliphatic rings. The lowest BCUT2D eigenvalue weighted by Crippen LogP contribution is -2.10. The molecule has 0 aliphatic heterocycles. The highest BCUT2D eigenvalue weighted by atomic mass is 16.2. The second-order valence-electron chi connectivity index (χ2n) is 3.21. The fourth-order valence-electron chi connectivity index (χ4n) is 1.42. The SMILES string of the molecule is Cc1ccccc1C(=O)n1cccc1. The van der Waals surface area contributed by atoms with Gasteiger partial charge in [-0.25, -0.2) is 0 Å². The van der Waals surface area contributed by atoms with Crippen LogP contribution in [0.3, 0.4) is 0 Å². The van der Waals surface area contributed by atoms with Crippen molar-refractivity contribution in [3.63, 3.8) is 0 Å². The van der Waals surface area contributed by atoms with Crippen molar-refractivity contribution in [2.75, 3.05) is 0 Å². The van der Waals surface area contributed by atoms with Gasteiger partial charge in [0, 0.05) is 18.0 Å². The van der Waals surface area contributed by atoms with Gasteiger partial charge in [0.1, 0.15) is 0 Å². The van der Waals surface area contributed by atoms with Crippen molar-refractivity contribution in [1.82, 2.24) is 4.57 Å². The highest BCUT2D eigenvalue weighted by molar-refractivity contribution is 5.97. The first kappa shape index (κ1) is 8.75. The lowest BCUT2D eigenvalue weighted by atomic mass is 10.1. The maximum Gasteiger partial charge on any atom is 0.262 e. The monoisotopic (exact) mass is 185 g/mol. The van der Waals surface area contributed by atoms with E-state index in [0.29, 0.717) is 0 Å². The van der Waals surface area contributed by atoms with E-state index in [2.05, 4.69) is 0 Å². The van der Waals surface area contributed by atoms with Gasteiger partial charge in [0.25, 0.3) is 5.91 Å². The van der Waals surface area contributed by atoms with Crippen molar-refractivity contribution >= 4 is 5.91 Å². The Balaban J connectivity index is 2.42. The summed E-state index contributed by atoms with van der Waals surface area (Å²) in [6, 6.07) is 11.3. The van der Waals surface area contributed by atoms with Gasteiger partial charge in [-0.15, -0.1) is 0 Å². The first-order chi connectivity index (χ1) is 6.79. The zero-order valence-corrected chi connectivity index (χ0v) is 7.97. The van der Waals surface area contributed by atoms with Gasteiger partial charge in [0.2, 0.25) is 0 Å². The van der Waals surface area contributed by atoms with Crippen molar-refractivity contribution in [1.29, 1.82) is 0 Å². The average molecular weight is 185 g/mol. The van der Waals surface area contributed by atoms with Gasteiger partial charge < -0.3 is 0 Å². The van der Waals surface area contributed by atoms with E-state index in [1.807, 2.05) is 43.3 Å². The number of nitrogens with zero attached hydrogens (tertiary/aromatic N) is 1. The topological polar surface area (TPSA) is 22.0 Å². The predicted molar refractivity (Wildman–Crippen MR) is 55.3 cm³/mol. The second kappa shape index (κ2) is 3.50. The van der Waals surface area contributed by atoms with Gasteiger partial charge >= 0.3 is 0 Å². The number of hydrogen-bond donors (Lipinski definition) is 0. The van der Waals surface area contributed by atoms with Gasteiger partial charge in [-0.1, -0.05) is 18.2 Å². The minimum atomic E-state index is 0.0214. The molecule has 2 aromatic rings. The summed E-state index contributed by atoms with van der Waals surface area (Å²) in [6.07, 6.45) is 3.52. The quantitative estimate of drug-likeness (QED) is 0.669. The van der Waals surface area contributed by atoms with E-state index < -0.39 is 0 Å². The lowest BCUT2D eigenvalue weighted by Gasteiger charge is -2.04. The van der Waals surface area contributed by atoms with Crippen LogP contribution in [-0.2, 0) is 0 Å². The van der Waals surface area contributed by atoms with Crippen LogP contribution < -0.4 is 0 Å².